The summed E-state index contributed by atoms with van der Waals surface area (Å²) in [6.45, 7) is 6.12. The first-order valence-electron chi connectivity index (χ1n) is 6.13. The van der Waals surface area contributed by atoms with Gasteiger partial charge in [0.25, 0.3) is 0 Å². The van der Waals surface area contributed by atoms with Crippen molar-refractivity contribution in [3.8, 4) is 11.8 Å². The maximum absolute atomic E-state index is 11.3. The van der Waals surface area contributed by atoms with Crippen molar-refractivity contribution in [3.63, 3.8) is 0 Å². The number of carboxylic acid groups (broad SMARTS) is 1. The molecule has 0 aliphatic heterocycles. The molecule has 0 fully saturated rings. The van der Waals surface area contributed by atoms with Crippen LogP contribution in [0.25, 0.3) is 0 Å². The highest BCUT2D eigenvalue weighted by molar-refractivity contribution is 5.90. The van der Waals surface area contributed by atoms with E-state index in [2.05, 4.69) is 0 Å². The number of carbonyl (C=O) groups is 1. The van der Waals surface area contributed by atoms with Gasteiger partial charge in [-0.05, 0) is 29.0 Å². The lowest BCUT2D eigenvalue weighted by Crippen LogP contribution is -2.15. The Labute approximate surface area is 113 Å². The first-order chi connectivity index (χ1) is 8.81. The fourth-order valence-corrected chi connectivity index (χ4v) is 1.98. The van der Waals surface area contributed by atoms with Crippen molar-refractivity contribution in [3.05, 3.63) is 28.8 Å². The van der Waals surface area contributed by atoms with Crippen molar-refractivity contribution in [2.75, 3.05) is 7.11 Å². The minimum Gasteiger partial charge on any atom is -0.496 e. The molecule has 0 unspecified atom stereocenters. The zero-order valence-electron chi connectivity index (χ0n) is 11.8. The predicted molar refractivity (Wildman–Crippen MR) is 72.6 cm³/mol. The molecule has 19 heavy (non-hydrogen) atoms. The van der Waals surface area contributed by atoms with E-state index in [0.29, 0.717) is 24.2 Å². The maximum atomic E-state index is 11.3. The van der Waals surface area contributed by atoms with E-state index >= 15 is 0 Å². The highest BCUT2D eigenvalue weighted by Crippen LogP contribution is 2.34. The molecular formula is C15H19NO3. The summed E-state index contributed by atoms with van der Waals surface area (Å²) in [6, 6.07) is 5.44. The first-order valence-corrected chi connectivity index (χ1v) is 6.13. The van der Waals surface area contributed by atoms with Gasteiger partial charge in [-0.15, -0.1) is 0 Å². The number of ether oxygens (including phenoxy) is 1. The molecule has 0 heterocycles. The smallest absolute Gasteiger partial charge is 0.336 e. The van der Waals surface area contributed by atoms with Crippen LogP contribution in [0.5, 0.6) is 5.75 Å². The molecule has 0 aliphatic rings. The third-order valence-electron chi connectivity index (χ3n) is 2.97. The van der Waals surface area contributed by atoms with Crippen molar-refractivity contribution in [1.29, 1.82) is 5.26 Å². The van der Waals surface area contributed by atoms with Gasteiger partial charge < -0.3 is 9.84 Å². The molecule has 4 heteroatoms. The second kappa shape index (κ2) is 5.75. The molecule has 1 rings (SSSR count). The molecule has 0 aliphatic carbocycles. The standard InChI is InChI=1S/C15H19NO3/c1-15(2,3)12-8-10(6-5-7-16)11(14(17)18)9-13(12)19-4/h8-9H,5-6H2,1-4H3,(H,17,18). The van der Waals surface area contributed by atoms with Crippen LogP contribution in [0.2, 0.25) is 0 Å². The highest BCUT2D eigenvalue weighted by atomic mass is 16.5. The monoisotopic (exact) mass is 261 g/mol. The molecular weight excluding hydrogens is 242 g/mol. The van der Waals surface area contributed by atoms with Crippen LogP contribution in [0, 0.1) is 11.3 Å². The SMILES string of the molecule is COc1cc(C(=O)O)c(CCC#N)cc1C(C)(C)C. The number of hydrogen-bond donors (Lipinski definition) is 1. The van der Waals surface area contributed by atoms with Gasteiger partial charge in [-0.25, -0.2) is 4.79 Å². The number of methoxy groups -OCH3 is 1. The van der Waals surface area contributed by atoms with E-state index in [1.54, 1.807) is 6.07 Å². The lowest BCUT2D eigenvalue weighted by molar-refractivity contribution is 0.0695. The molecule has 1 aromatic rings. The van der Waals surface area contributed by atoms with E-state index in [9.17, 15) is 9.90 Å². The molecule has 0 radical (unpaired) electrons. The van der Waals surface area contributed by atoms with Gasteiger partial charge in [0, 0.05) is 6.42 Å². The number of rotatable bonds is 4. The molecule has 0 bridgehead atoms. The average Bonchev–Trinajstić information content (AvgIpc) is 2.33. The molecule has 102 valence electrons. The van der Waals surface area contributed by atoms with Crippen molar-refractivity contribution in [1.82, 2.24) is 0 Å². The molecule has 0 aromatic heterocycles. The molecule has 0 amide bonds. The highest BCUT2D eigenvalue weighted by Gasteiger charge is 2.23. The predicted octanol–water partition coefficient (Wildman–Crippen LogP) is 3.15. The van der Waals surface area contributed by atoms with Crippen LogP contribution in [0.4, 0.5) is 0 Å². The van der Waals surface area contributed by atoms with Gasteiger partial charge in [-0.1, -0.05) is 26.8 Å². The summed E-state index contributed by atoms with van der Waals surface area (Å²) in [5, 5.41) is 17.9. The van der Waals surface area contributed by atoms with Gasteiger partial charge in [0.15, 0.2) is 0 Å². The van der Waals surface area contributed by atoms with E-state index < -0.39 is 5.97 Å². The Kier molecular flexibility index (Phi) is 4.55. The number of aromatic carboxylic acids is 1. The van der Waals surface area contributed by atoms with E-state index in [1.807, 2.05) is 32.9 Å². The molecule has 0 saturated carbocycles. The molecule has 4 nitrogen and oxygen atoms in total. The Morgan fingerprint density at radius 3 is 2.47 bits per heavy atom. The quantitative estimate of drug-likeness (QED) is 0.903. The van der Waals surface area contributed by atoms with E-state index in [-0.39, 0.29) is 11.0 Å². The van der Waals surface area contributed by atoms with Crippen molar-refractivity contribution < 1.29 is 14.6 Å². The van der Waals surface area contributed by atoms with Gasteiger partial charge in [-0.2, -0.15) is 5.26 Å². The summed E-state index contributed by atoms with van der Waals surface area (Å²) >= 11 is 0. The summed E-state index contributed by atoms with van der Waals surface area (Å²) < 4.78 is 5.29. The third-order valence-corrected chi connectivity index (χ3v) is 2.97. The number of aryl methyl sites for hydroxylation is 1. The Balaban J connectivity index is 3.43. The summed E-state index contributed by atoms with van der Waals surface area (Å²) in [5.74, 6) is -0.419. The summed E-state index contributed by atoms with van der Waals surface area (Å²) in [5.41, 5.74) is 1.69. The van der Waals surface area contributed by atoms with E-state index in [1.165, 1.54) is 7.11 Å². The topological polar surface area (TPSA) is 70.3 Å². The molecule has 1 aromatic carbocycles. The van der Waals surface area contributed by atoms with Crippen LogP contribution >= 0.6 is 0 Å². The van der Waals surface area contributed by atoms with Gasteiger partial charge in [-0.3, -0.25) is 0 Å². The Morgan fingerprint density at radius 2 is 2.05 bits per heavy atom. The lowest BCUT2D eigenvalue weighted by Gasteiger charge is -2.23. The zero-order valence-corrected chi connectivity index (χ0v) is 11.8. The largest absolute Gasteiger partial charge is 0.496 e. The van der Waals surface area contributed by atoms with E-state index in [0.717, 1.165) is 5.56 Å². The van der Waals surface area contributed by atoms with Crippen LogP contribution in [-0.2, 0) is 11.8 Å². The molecule has 0 saturated heterocycles. The van der Waals surface area contributed by atoms with Gasteiger partial charge in [0.2, 0.25) is 0 Å². The first kappa shape index (κ1) is 15.0. The van der Waals surface area contributed by atoms with Crippen LogP contribution in [-0.4, -0.2) is 18.2 Å². The number of nitriles is 1. The Morgan fingerprint density at radius 1 is 1.42 bits per heavy atom. The Hall–Kier alpha value is -2.02. The fourth-order valence-electron chi connectivity index (χ4n) is 1.98. The second-order valence-electron chi connectivity index (χ2n) is 5.42. The van der Waals surface area contributed by atoms with Crippen LogP contribution in [0.15, 0.2) is 12.1 Å². The molecule has 0 spiro atoms. The number of benzene rings is 1. The maximum Gasteiger partial charge on any atom is 0.336 e. The summed E-state index contributed by atoms with van der Waals surface area (Å²) in [6.07, 6.45) is 0.737. The molecule has 0 atom stereocenters. The number of nitrogens with zero attached hydrogens (tertiary/aromatic N) is 1. The lowest BCUT2D eigenvalue weighted by atomic mass is 9.83. The zero-order chi connectivity index (χ0) is 14.6. The normalized spacial score (nSPS) is 10.9. The minimum atomic E-state index is -0.994. The fraction of sp³-hybridized carbons (Fsp3) is 0.467. The van der Waals surface area contributed by atoms with Crippen molar-refractivity contribution in [2.24, 2.45) is 0 Å². The average molecular weight is 261 g/mol. The van der Waals surface area contributed by atoms with Gasteiger partial charge >= 0.3 is 5.97 Å². The van der Waals surface area contributed by atoms with E-state index in [4.69, 9.17) is 10.00 Å². The summed E-state index contributed by atoms with van der Waals surface area (Å²) in [7, 11) is 1.53. The summed E-state index contributed by atoms with van der Waals surface area (Å²) in [4.78, 5) is 11.3. The van der Waals surface area contributed by atoms with Crippen LogP contribution < -0.4 is 4.74 Å². The number of carboxylic acids is 1. The third kappa shape index (κ3) is 3.47. The van der Waals surface area contributed by atoms with Crippen molar-refractivity contribution >= 4 is 5.97 Å². The van der Waals surface area contributed by atoms with Crippen LogP contribution in [0.3, 0.4) is 0 Å². The van der Waals surface area contributed by atoms with Crippen LogP contribution in [0.1, 0.15) is 48.7 Å². The van der Waals surface area contributed by atoms with Gasteiger partial charge in [0.1, 0.15) is 5.75 Å². The molecule has 1 N–H and O–H groups in total. The minimum absolute atomic E-state index is 0.149. The number of hydrogen-bond acceptors (Lipinski definition) is 3. The Bertz CT molecular complexity index is 521. The second-order valence-corrected chi connectivity index (χ2v) is 5.42. The van der Waals surface area contributed by atoms with Crippen molar-refractivity contribution in [2.45, 2.75) is 39.0 Å². The van der Waals surface area contributed by atoms with Gasteiger partial charge in [0.05, 0.1) is 18.7 Å².